The van der Waals surface area contributed by atoms with Crippen LogP contribution in [0.1, 0.15) is 12.5 Å². The number of hydrogen-bond acceptors (Lipinski definition) is 2. The molecule has 0 heterocycles. The van der Waals surface area contributed by atoms with Crippen LogP contribution < -0.4 is 11.5 Å². The molecule has 3 nitrogen and oxygen atoms in total. The van der Waals surface area contributed by atoms with Crippen LogP contribution in [0.4, 0.5) is 0 Å². The molecule has 2 atom stereocenters. The minimum absolute atomic E-state index is 0.0903. The van der Waals surface area contributed by atoms with E-state index in [2.05, 4.69) is 0 Å². The van der Waals surface area contributed by atoms with Crippen molar-refractivity contribution < 1.29 is 4.79 Å². The summed E-state index contributed by atoms with van der Waals surface area (Å²) in [5.41, 5.74) is 12.3. The van der Waals surface area contributed by atoms with Gasteiger partial charge in [-0.25, -0.2) is 0 Å². The predicted octanol–water partition coefficient (Wildman–Crippen LogP) is 1.46. The molecule has 1 amide bonds. The van der Waals surface area contributed by atoms with E-state index in [4.69, 9.17) is 11.5 Å². The van der Waals surface area contributed by atoms with Gasteiger partial charge in [0.1, 0.15) is 5.54 Å². The zero-order valence-electron chi connectivity index (χ0n) is 9.76. The van der Waals surface area contributed by atoms with Crippen molar-refractivity contribution in [3.05, 3.63) is 54.1 Å². The van der Waals surface area contributed by atoms with E-state index in [1.165, 1.54) is 0 Å². The smallest absolute Gasteiger partial charge is 0.242 e. The van der Waals surface area contributed by atoms with Gasteiger partial charge in [0, 0.05) is 5.92 Å². The van der Waals surface area contributed by atoms with Gasteiger partial charge in [0.05, 0.1) is 0 Å². The van der Waals surface area contributed by atoms with Crippen molar-refractivity contribution in [1.29, 1.82) is 0 Å². The molecule has 0 saturated carbocycles. The van der Waals surface area contributed by atoms with E-state index < -0.39 is 11.4 Å². The Kier molecular flexibility index (Phi) is 2.86. The molecule has 0 spiro atoms. The van der Waals surface area contributed by atoms with Crippen molar-refractivity contribution in [2.75, 3.05) is 0 Å². The number of carbonyl (C=O) groups is 1. The first-order chi connectivity index (χ1) is 8.04. The number of rotatable bonds is 2. The van der Waals surface area contributed by atoms with Crippen LogP contribution in [0.25, 0.3) is 5.57 Å². The molecule has 0 aromatic heterocycles. The highest BCUT2D eigenvalue weighted by Crippen LogP contribution is 2.29. The highest BCUT2D eigenvalue weighted by molar-refractivity contribution is 5.92. The molecular weight excluding hydrogens is 212 g/mol. The van der Waals surface area contributed by atoms with Crippen molar-refractivity contribution in [3.63, 3.8) is 0 Å². The second-order valence-corrected chi connectivity index (χ2v) is 4.41. The monoisotopic (exact) mass is 228 g/mol. The first kappa shape index (κ1) is 11.6. The predicted molar refractivity (Wildman–Crippen MR) is 68.8 cm³/mol. The van der Waals surface area contributed by atoms with E-state index in [1.807, 2.05) is 49.4 Å². The molecule has 1 aliphatic carbocycles. The van der Waals surface area contributed by atoms with E-state index in [9.17, 15) is 4.79 Å². The number of amides is 1. The van der Waals surface area contributed by atoms with E-state index in [0.717, 1.165) is 11.1 Å². The van der Waals surface area contributed by atoms with E-state index in [1.54, 1.807) is 6.08 Å². The standard InChI is InChI=1S/C14H16N2O/c1-10-7-8-12(9-14(10,16)13(15)17)11-5-3-2-4-6-11/h2-10H,16H2,1H3,(H2,15,17). The summed E-state index contributed by atoms with van der Waals surface area (Å²) >= 11 is 0. The van der Waals surface area contributed by atoms with E-state index in [0.29, 0.717) is 0 Å². The zero-order chi connectivity index (χ0) is 12.5. The molecular formula is C14H16N2O. The van der Waals surface area contributed by atoms with Gasteiger partial charge in [-0.2, -0.15) is 0 Å². The summed E-state index contributed by atoms with van der Waals surface area (Å²) in [5.74, 6) is -0.588. The molecule has 2 unspecified atom stereocenters. The average molecular weight is 228 g/mol. The fourth-order valence-electron chi connectivity index (χ4n) is 1.95. The zero-order valence-corrected chi connectivity index (χ0v) is 9.76. The minimum atomic E-state index is -1.10. The lowest BCUT2D eigenvalue weighted by Crippen LogP contribution is -2.55. The molecule has 0 radical (unpaired) electrons. The highest BCUT2D eigenvalue weighted by Gasteiger charge is 2.36. The van der Waals surface area contributed by atoms with E-state index >= 15 is 0 Å². The average Bonchev–Trinajstić information content (AvgIpc) is 2.33. The van der Waals surface area contributed by atoms with Crippen LogP contribution in [0.15, 0.2) is 48.6 Å². The largest absolute Gasteiger partial charge is 0.368 e. The van der Waals surface area contributed by atoms with Crippen LogP contribution in [-0.2, 0) is 4.79 Å². The lowest BCUT2D eigenvalue weighted by molar-refractivity contribution is -0.122. The van der Waals surface area contributed by atoms with Crippen molar-refractivity contribution in [2.24, 2.45) is 17.4 Å². The van der Waals surface area contributed by atoms with Crippen LogP contribution >= 0.6 is 0 Å². The molecule has 1 aromatic carbocycles. The van der Waals surface area contributed by atoms with Crippen molar-refractivity contribution in [1.82, 2.24) is 0 Å². The summed E-state index contributed by atoms with van der Waals surface area (Å²) in [4.78, 5) is 11.5. The number of allylic oxidation sites excluding steroid dienone is 2. The van der Waals surface area contributed by atoms with Crippen molar-refractivity contribution in [3.8, 4) is 0 Å². The molecule has 88 valence electrons. The van der Waals surface area contributed by atoms with Gasteiger partial charge in [-0.1, -0.05) is 49.4 Å². The van der Waals surface area contributed by atoms with Crippen LogP contribution in [0.3, 0.4) is 0 Å². The van der Waals surface area contributed by atoms with Gasteiger partial charge in [0.25, 0.3) is 0 Å². The molecule has 2 rings (SSSR count). The number of benzene rings is 1. The van der Waals surface area contributed by atoms with Crippen LogP contribution in [-0.4, -0.2) is 11.4 Å². The molecule has 4 N–H and O–H groups in total. The second kappa shape index (κ2) is 4.18. The normalized spacial score (nSPS) is 27.6. The van der Waals surface area contributed by atoms with Crippen LogP contribution in [0.5, 0.6) is 0 Å². The maximum Gasteiger partial charge on any atom is 0.242 e. The molecule has 17 heavy (non-hydrogen) atoms. The molecule has 0 saturated heterocycles. The maximum absolute atomic E-state index is 11.5. The van der Waals surface area contributed by atoms with Crippen LogP contribution in [0.2, 0.25) is 0 Å². The molecule has 1 aromatic rings. The number of primary amides is 1. The van der Waals surface area contributed by atoms with Crippen molar-refractivity contribution >= 4 is 11.5 Å². The Labute approximate surface area is 101 Å². The SMILES string of the molecule is CC1C=CC(c2ccccc2)=CC1(N)C(N)=O. The third-order valence-corrected chi connectivity index (χ3v) is 3.25. The minimum Gasteiger partial charge on any atom is -0.368 e. The molecule has 3 heteroatoms. The molecule has 0 bridgehead atoms. The number of carbonyl (C=O) groups excluding carboxylic acids is 1. The van der Waals surface area contributed by atoms with Gasteiger partial charge >= 0.3 is 0 Å². The number of hydrogen-bond donors (Lipinski definition) is 2. The first-order valence-corrected chi connectivity index (χ1v) is 5.59. The topological polar surface area (TPSA) is 69.1 Å². The van der Waals surface area contributed by atoms with Gasteiger partial charge in [-0.15, -0.1) is 0 Å². The molecule has 0 aliphatic heterocycles. The Morgan fingerprint density at radius 2 is 1.94 bits per heavy atom. The lowest BCUT2D eigenvalue weighted by Gasteiger charge is -2.31. The van der Waals surface area contributed by atoms with Gasteiger partial charge in [-0.05, 0) is 17.2 Å². The summed E-state index contributed by atoms with van der Waals surface area (Å²) in [5, 5.41) is 0. The van der Waals surface area contributed by atoms with Gasteiger partial charge in [0.2, 0.25) is 5.91 Å². The third-order valence-electron chi connectivity index (χ3n) is 3.25. The molecule has 0 fully saturated rings. The van der Waals surface area contributed by atoms with Crippen molar-refractivity contribution in [2.45, 2.75) is 12.5 Å². The van der Waals surface area contributed by atoms with Crippen LogP contribution in [0, 0.1) is 5.92 Å². The first-order valence-electron chi connectivity index (χ1n) is 5.59. The second-order valence-electron chi connectivity index (χ2n) is 4.41. The summed E-state index contributed by atoms with van der Waals surface area (Å²) in [6, 6.07) is 9.80. The fourth-order valence-corrected chi connectivity index (χ4v) is 1.95. The summed E-state index contributed by atoms with van der Waals surface area (Å²) in [6.07, 6.45) is 5.66. The molecule has 1 aliphatic rings. The quantitative estimate of drug-likeness (QED) is 0.804. The van der Waals surface area contributed by atoms with Gasteiger partial charge in [-0.3, -0.25) is 4.79 Å². The summed E-state index contributed by atoms with van der Waals surface area (Å²) in [6.45, 7) is 1.89. The maximum atomic E-state index is 11.5. The number of nitrogens with two attached hydrogens (primary N) is 2. The Morgan fingerprint density at radius 3 is 2.53 bits per heavy atom. The summed E-state index contributed by atoms with van der Waals surface area (Å²) in [7, 11) is 0. The lowest BCUT2D eigenvalue weighted by atomic mass is 9.78. The Morgan fingerprint density at radius 1 is 1.29 bits per heavy atom. The van der Waals surface area contributed by atoms with Gasteiger partial charge in [0.15, 0.2) is 0 Å². The Balaban J connectivity index is 2.44. The Hall–Kier alpha value is -1.87. The van der Waals surface area contributed by atoms with Gasteiger partial charge < -0.3 is 11.5 Å². The fraction of sp³-hybridized carbons (Fsp3) is 0.214. The summed E-state index contributed by atoms with van der Waals surface area (Å²) < 4.78 is 0. The van der Waals surface area contributed by atoms with E-state index in [-0.39, 0.29) is 5.92 Å². The Bertz CT molecular complexity index is 490. The highest BCUT2D eigenvalue weighted by atomic mass is 16.1. The third kappa shape index (κ3) is 2.01.